The van der Waals surface area contributed by atoms with E-state index in [-0.39, 0.29) is 0 Å². The normalized spacial score (nSPS) is 17.0. The molecule has 2 atom stereocenters. The number of amides is 2. The van der Waals surface area contributed by atoms with Crippen molar-refractivity contribution in [1.29, 1.82) is 0 Å². The predicted molar refractivity (Wildman–Crippen MR) is 237 cm³/mol. The monoisotopic (exact) mass is 955 g/mol. The van der Waals surface area contributed by atoms with Gasteiger partial charge in [0.15, 0.2) is 0 Å². The minimum absolute atomic E-state index is 0.311. The number of carbonyl (C=O) groups excluding carboxylic acids is 2. The van der Waals surface area contributed by atoms with Crippen LogP contribution in [0, 0.1) is 23.7 Å². The average Bonchev–Trinajstić information content (AvgIpc) is 3.70. The van der Waals surface area contributed by atoms with Crippen LogP contribution >= 0.6 is 17.2 Å². The third-order valence-electron chi connectivity index (χ3n) is 11.6. The summed E-state index contributed by atoms with van der Waals surface area (Å²) in [5.74, 6) is 1.61. The van der Waals surface area contributed by atoms with Crippen LogP contribution in [-0.2, 0) is 38.3 Å². The van der Waals surface area contributed by atoms with Crippen molar-refractivity contribution in [1.82, 2.24) is 10.5 Å². The first-order valence-corrected chi connectivity index (χ1v) is 35.6. The molecule has 4 aromatic carbocycles. The first-order valence-electron chi connectivity index (χ1n) is 20.5. The molecule has 4 nitrogen and oxygen atoms in total. The van der Waals surface area contributed by atoms with Crippen LogP contribution in [0.5, 0.6) is 0 Å². The second kappa shape index (κ2) is 17.4. The van der Waals surface area contributed by atoms with E-state index in [1.807, 2.05) is 0 Å². The van der Waals surface area contributed by atoms with Crippen molar-refractivity contribution in [3.05, 3.63) is 129 Å². The summed E-state index contributed by atoms with van der Waals surface area (Å²) in [4.78, 5) is 25.3. The molecule has 0 bridgehead atoms. The van der Waals surface area contributed by atoms with E-state index in [0.29, 0.717) is 36.5 Å². The van der Waals surface area contributed by atoms with Gasteiger partial charge >= 0.3 is 346 Å². The van der Waals surface area contributed by atoms with Crippen molar-refractivity contribution >= 4 is 46.7 Å². The number of rotatable bonds is 17. The molecule has 56 heavy (non-hydrogen) atoms. The predicted octanol–water partition coefficient (Wildman–Crippen LogP) is 12.6. The summed E-state index contributed by atoms with van der Waals surface area (Å²) in [6.07, 6.45) is 9.48. The number of fused-ring (bicyclic) bond motifs is 2. The van der Waals surface area contributed by atoms with Gasteiger partial charge in [0.2, 0.25) is 0 Å². The van der Waals surface area contributed by atoms with Gasteiger partial charge in [-0.3, -0.25) is 0 Å². The fraction of sp³-hybridized carbons (Fsp3) is 0.375. The van der Waals surface area contributed by atoms with Gasteiger partial charge in [0, 0.05) is 0 Å². The zero-order chi connectivity index (χ0) is 40.4. The van der Waals surface area contributed by atoms with Crippen LogP contribution in [0.4, 0.5) is 0 Å². The number of carbonyl (C=O) groups is 2. The second-order valence-electron chi connectivity index (χ2n) is 17.9. The van der Waals surface area contributed by atoms with Crippen LogP contribution in [0.25, 0.3) is 34.4 Å². The van der Waals surface area contributed by atoms with Gasteiger partial charge in [0.05, 0.1) is 0 Å². The molecular weight excluding hydrogens is 897 g/mol. The Balaban J connectivity index is 1.68. The van der Waals surface area contributed by atoms with E-state index in [9.17, 15) is 9.59 Å². The first kappa shape index (κ1) is 42.4. The molecule has 293 valence electrons. The Morgan fingerprint density at radius 1 is 0.536 bits per heavy atom. The Labute approximate surface area is 344 Å². The molecule has 2 unspecified atom stereocenters. The van der Waals surface area contributed by atoms with Gasteiger partial charge in [-0.25, -0.2) is 0 Å². The zero-order valence-electron chi connectivity index (χ0n) is 34.3. The molecule has 0 saturated heterocycles. The molecule has 0 heterocycles. The SMILES string of the molecule is CC(C)CC1=Cc2c(-c3ccccc3CC(C)C)cccc2[CH]1[Hf]([Cl])([Cl])([B](NC=O)NC=O)[CH]1C(CC(C)C)=Cc2c(-c3ccccc3CC(C)C)cccc21. The Hall–Kier alpha value is -3.18. The number of nitrogens with one attached hydrogen (secondary N) is 2. The van der Waals surface area contributed by atoms with E-state index in [4.69, 9.17) is 17.2 Å². The van der Waals surface area contributed by atoms with Gasteiger partial charge in [0.1, 0.15) is 0 Å². The topological polar surface area (TPSA) is 58.2 Å². The van der Waals surface area contributed by atoms with Gasteiger partial charge in [-0.1, -0.05) is 0 Å². The number of benzene rings is 4. The Morgan fingerprint density at radius 3 is 1.25 bits per heavy atom. The first-order chi connectivity index (χ1) is 26.7. The second-order valence-corrected chi connectivity index (χ2v) is 48.3. The van der Waals surface area contributed by atoms with E-state index in [2.05, 4.69) is 163 Å². The molecule has 0 spiro atoms. The molecule has 2 aliphatic carbocycles. The number of hydrogen-bond donors (Lipinski definition) is 2. The van der Waals surface area contributed by atoms with E-state index in [1.54, 1.807) is 0 Å². The average molecular weight is 955 g/mol. The third-order valence-corrected chi connectivity index (χ3v) is 40.3. The molecule has 0 saturated carbocycles. The Bertz CT molecular complexity index is 2010. The molecule has 2 amide bonds. The van der Waals surface area contributed by atoms with Crippen molar-refractivity contribution in [3.63, 3.8) is 0 Å². The molecule has 2 aliphatic rings. The van der Waals surface area contributed by atoms with E-state index >= 15 is 0 Å². The quantitative estimate of drug-likeness (QED) is 0.0818. The van der Waals surface area contributed by atoms with Crippen LogP contribution in [0.1, 0.15) is 109 Å². The summed E-state index contributed by atoms with van der Waals surface area (Å²) in [7, 11) is 17.6. The van der Waals surface area contributed by atoms with Crippen molar-refractivity contribution in [2.75, 3.05) is 0 Å². The summed E-state index contributed by atoms with van der Waals surface area (Å²) in [6.45, 7) is 17.9. The number of allylic oxidation sites excluding steroid dienone is 2. The van der Waals surface area contributed by atoms with Crippen LogP contribution in [0.2, 0.25) is 0 Å². The summed E-state index contributed by atoms with van der Waals surface area (Å²) >= 11 is -6.11. The minimum atomic E-state index is -6.11. The Kier molecular flexibility index (Phi) is 13.1. The summed E-state index contributed by atoms with van der Waals surface area (Å²) < 4.78 is -1.73. The third kappa shape index (κ3) is 8.09. The zero-order valence-corrected chi connectivity index (χ0v) is 39.4. The summed E-state index contributed by atoms with van der Waals surface area (Å²) in [5, 5.41) is 6.08. The van der Waals surface area contributed by atoms with E-state index in [0.717, 1.165) is 59.1 Å². The molecule has 8 heteroatoms. The van der Waals surface area contributed by atoms with E-state index in [1.165, 1.54) is 33.4 Å². The fourth-order valence-electron chi connectivity index (χ4n) is 9.80. The van der Waals surface area contributed by atoms with Gasteiger partial charge in [-0.05, 0) is 0 Å². The van der Waals surface area contributed by atoms with Crippen molar-refractivity contribution in [2.24, 2.45) is 23.7 Å². The van der Waals surface area contributed by atoms with Gasteiger partial charge in [-0.2, -0.15) is 0 Å². The van der Waals surface area contributed by atoms with Gasteiger partial charge in [0.25, 0.3) is 0 Å². The maximum absolute atomic E-state index is 12.7. The van der Waals surface area contributed by atoms with Crippen LogP contribution in [0.3, 0.4) is 0 Å². The molecule has 0 radical (unpaired) electrons. The van der Waals surface area contributed by atoms with Crippen molar-refractivity contribution in [3.8, 4) is 22.3 Å². The number of hydrogen-bond acceptors (Lipinski definition) is 2. The van der Waals surface area contributed by atoms with Crippen LogP contribution < -0.4 is 10.5 Å². The molecule has 0 aliphatic heterocycles. The summed E-state index contributed by atoms with van der Waals surface area (Å²) in [5.41, 5.74) is 14.1. The van der Waals surface area contributed by atoms with Crippen LogP contribution in [0.15, 0.2) is 96.1 Å². The maximum atomic E-state index is 12.7. The fourth-order valence-corrected chi connectivity index (χ4v) is 39.3. The van der Waals surface area contributed by atoms with Gasteiger partial charge < -0.3 is 0 Å². The molecule has 4 aromatic rings. The molecule has 6 rings (SSSR count). The Morgan fingerprint density at radius 2 is 0.893 bits per heavy atom. The number of halogens is 2. The van der Waals surface area contributed by atoms with Crippen LogP contribution in [-0.4, -0.2) is 17.4 Å². The molecular formula is C48H58BCl2HfN2O2. The molecule has 2 N–H and O–H groups in total. The van der Waals surface area contributed by atoms with Gasteiger partial charge in [-0.15, -0.1) is 0 Å². The van der Waals surface area contributed by atoms with Crippen molar-refractivity contribution in [2.45, 2.75) is 88.4 Å². The standard InChI is InChI=1S/2C23H27.C2H3BN2O2.2ClH.Hf/c2*1-16(2)12-18-14-20-9-7-11-22(23(20)15-18)21-10-6-5-8-19(21)13-17(3)4;6-1-4-3-5-2-7;;;/h2*5-11,14-17H,12-13H2,1-4H3;1-2H,(H-,4,5,6,7);2*1H;/q;;;;;+1/p-1. The van der Waals surface area contributed by atoms with E-state index < -0.39 is 27.8 Å². The summed E-state index contributed by atoms with van der Waals surface area (Å²) in [6, 6.07) is 30.5. The molecule has 0 fully saturated rings. The van der Waals surface area contributed by atoms with Crippen molar-refractivity contribution < 1.29 is 25.5 Å². The molecule has 0 aromatic heterocycles.